The van der Waals surface area contributed by atoms with E-state index >= 15 is 0 Å². The summed E-state index contributed by atoms with van der Waals surface area (Å²) in [5.41, 5.74) is 4.57. The number of aryl methyl sites for hydroxylation is 4. The van der Waals surface area contributed by atoms with Gasteiger partial charge in [-0.1, -0.05) is 32.4 Å². The molecule has 1 atom stereocenters. The van der Waals surface area contributed by atoms with Gasteiger partial charge in [-0.25, -0.2) is 14.5 Å². The summed E-state index contributed by atoms with van der Waals surface area (Å²) in [4.78, 5) is 12.2. The molecule has 0 radical (unpaired) electrons. The normalized spacial score (nSPS) is 17.2. The van der Waals surface area contributed by atoms with Gasteiger partial charge in [0.1, 0.15) is 11.2 Å². The minimum Gasteiger partial charge on any atom is -0.268 e. The molecule has 0 aromatic carbocycles. The van der Waals surface area contributed by atoms with Crippen LogP contribution in [0, 0.1) is 25.2 Å². The van der Waals surface area contributed by atoms with Gasteiger partial charge < -0.3 is 0 Å². The van der Waals surface area contributed by atoms with Crippen LogP contribution in [0.4, 0.5) is 0 Å². The molecule has 4 aromatic heterocycles. The minimum atomic E-state index is 0.338. The molecule has 1 unspecified atom stereocenters. The Hall–Kier alpha value is -1.99. The summed E-state index contributed by atoms with van der Waals surface area (Å²) in [6.07, 6.45) is 5.98. The quantitative estimate of drug-likeness (QED) is 0.437. The molecule has 0 saturated heterocycles. The van der Waals surface area contributed by atoms with E-state index in [1.807, 2.05) is 34.4 Å². The lowest BCUT2D eigenvalue weighted by atomic mass is 9.72. The van der Waals surface area contributed by atoms with Crippen molar-refractivity contribution >= 4 is 38.8 Å². The number of fused-ring (bicyclic) bond motifs is 5. The van der Waals surface area contributed by atoms with Gasteiger partial charge in [-0.3, -0.25) is 4.68 Å². The lowest BCUT2D eigenvalue weighted by molar-refractivity contribution is 0.218. The molecule has 4 aromatic rings. The second-order valence-electron chi connectivity index (χ2n) is 9.49. The SMILES string of the molecule is Cc1nn(CCc2nc3c4c5c(sc4ncn3n2)CC(C(C)(C)C)CC5)c(C)c1Cl. The van der Waals surface area contributed by atoms with Crippen LogP contribution in [-0.4, -0.2) is 29.4 Å². The van der Waals surface area contributed by atoms with E-state index in [-0.39, 0.29) is 0 Å². The maximum absolute atomic E-state index is 6.28. The maximum Gasteiger partial charge on any atom is 0.167 e. The van der Waals surface area contributed by atoms with Gasteiger partial charge in [-0.2, -0.15) is 5.10 Å². The Bertz CT molecular complexity index is 1260. The van der Waals surface area contributed by atoms with Crippen LogP contribution in [-0.2, 0) is 25.8 Å². The molecule has 0 amide bonds. The molecule has 30 heavy (non-hydrogen) atoms. The molecule has 0 aliphatic heterocycles. The molecule has 1 aliphatic rings. The third kappa shape index (κ3) is 3.23. The fraction of sp³-hybridized carbons (Fsp3) is 0.545. The number of hydrogen-bond acceptors (Lipinski definition) is 5. The van der Waals surface area contributed by atoms with Crippen LogP contribution in [0.5, 0.6) is 0 Å². The summed E-state index contributed by atoms with van der Waals surface area (Å²) in [6, 6.07) is 0. The first-order chi connectivity index (χ1) is 14.2. The highest BCUT2D eigenvalue weighted by molar-refractivity contribution is 7.19. The number of thiophene rings is 1. The summed E-state index contributed by atoms with van der Waals surface area (Å²) >= 11 is 8.12. The van der Waals surface area contributed by atoms with Crippen LogP contribution in [0.1, 0.15) is 54.8 Å². The minimum absolute atomic E-state index is 0.338. The molecular weight excluding hydrogens is 416 g/mol. The van der Waals surface area contributed by atoms with E-state index in [0.29, 0.717) is 18.4 Å². The lowest BCUT2D eigenvalue weighted by Crippen LogP contribution is -2.26. The Morgan fingerprint density at radius 2 is 2.03 bits per heavy atom. The van der Waals surface area contributed by atoms with Gasteiger partial charge in [0.2, 0.25) is 0 Å². The maximum atomic E-state index is 6.28. The fourth-order valence-corrected chi connectivity index (χ4v) is 5.96. The summed E-state index contributed by atoms with van der Waals surface area (Å²) in [6.45, 7) is 11.7. The number of hydrogen-bond donors (Lipinski definition) is 0. The third-order valence-corrected chi connectivity index (χ3v) is 8.20. The summed E-state index contributed by atoms with van der Waals surface area (Å²) in [7, 11) is 0. The van der Waals surface area contributed by atoms with Gasteiger partial charge >= 0.3 is 0 Å². The number of nitrogens with zero attached hydrogens (tertiary/aromatic N) is 6. The van der Waals surface area contributed by atoms with Gasteiger partial charge in [0.15, 0.2) is 11.5 Å². The fourth-order valence-electron chi connectivity index (χ4n) is 4.56. The Morgan fingerprint density at radius 1 is 1.23 bits per heavy atom. The average molecular weight is 443 g/mol. The van der Waals surface area contributed by atoms with Crippen LogP contribution >= 0.6 is 22.9 Å². The molecule has 1 aliphatic carbocycles. The zero-order chi connectivity index (χ0) is 21.2. The van der Waals surface area contributed by atoms with E-state index in [1.165, 1.54) is 22.2 Å². The van der Waals surface area contributed by atoms with Crippen molar-refractivity contribution in [1.29, 1.82) is 0 Å². The molecular formula is C22H27ClN6S. The Kier molecular flexibility index (Phi) is 4.67. The molecule has 8 heteroatoms. The highest BCUT2D eigenvalue weighted by Gasteiger charge is 2.31. The second-order valence-corrected chi connectivity index (χ2v) is 11.0. The molecule has 5 rings (SSSR count). The molecule has 0 bridgehead atoms. The standard InChI is InChI=1S/C22H27ClN6S/c1-12-19(23)13(2)28(26-12)9-8-17-25-20-18-15-7-6-14(22(3,4)5)10-16(15)30-21(18)24-11-29(20)27-17/h11,14H,6-10H2,1-5H3. The van der Waals surface area contributed by atoms with Crippen LogP contribution < -0.4 is 0 Å². The first-order valence-electron chi connectivity index (χ1n) is 10.6. The van der Waals surface area contributed by atoms with E-state index < -0.39 is 0 Å². The van der Waals surface area contributed by atoms with Crippen LogP contribution in [0.3, 0.4) is 0 Å². The van der Waals surface area contributed by atoms with E-state index in [2.05, 4.69) is 25.9 Å². The highest BCUT2D eigenvalue weighted by Crippen LogP contribution is 2.43. The summed E-state index contributed by atoms with van der Waals surface area (Å²) < 4.78 is 3.78. The van der Waals surface area contributed by atoms with Crippen LogP contribution in [0.15, 0.2) is 6.33 Å². The third-order valence-electron chi connectivity index (χ3n) is 6.49. The zero-order valence-corrected chi connectivity index (χ0v) is 19.7. The van der Waals surface area contributed by atoms with Gasteiger partial charge in [-0.15, -0.1) is 16.4 Å². The Labute approximate surface area is 185 Å². The predicted octanol–water partition coefficient (Wildman–Crippen LogP) is 5.20. The first-order valence-corrected chi connectivity index (χ1v) is 11.8. The topological polar surface area (TPSA) is 60.9 Å². The van der Waals surface area contributed by atoms with Gasteiger partial charge in [0.05, 0.1) is 21.8 Å². The molecule has 0 fully saturated rings. The number of halogens is 1. The zero-order valence-electron chi connectivity index (χ0n) is 18.2. The van der Waals surface area contributed by atoms with Crippen molar-refractivity contribution in [3.63, 3.8) is 0 Å². The number of aromatic nitrogens is 6. The smallest absolute Gasteiger partial charge is 0.167 e. The van der Waals surface area contributed by atoms with E-state index in [1.54, 1.807) is 6.33 Å². The molecule has 6 nitrogen and oxygen atoms in total. The predicted molar refractivity (Wildman–Crippen MR) is 122 cm³/mol. The van der Waals surface area contributed by atoms with Gasteiger partial charge in [0, 0.05) is 17.8 Å². The molecule has 4 heterocycles. The summed E-state index contributed by atoms with van der Waals surface area (Å²) in [5, 5.41) is 11.2. The van der Waals surface area contributed by atoms with Crippen molar-refractivity contribution in [2.75, 3.05) is 0 Å². The van der Waals surface area contributed by atoms with E-state index in [4.69, 9.17) is 26.7 Å². The van der Waals surface area contributed by atoms with Crippen LogP contribution in [0.2, 0.25) is 5.02 Å². The lowest BCUT2D eigenvalue weighted by Gasteiger charge is -2.33. The van der Waals surface area contributed by atoms with Crippen molar-refractivity contribution in [3.05, 3.63) is 39.0 Å². The largest absolute Gasteiger partial charge is 0.268 e. The molecule has 0 N–H and O–H groups in total. The van der Waals surface area contributed by atoms with E-state index in [9.17, 15) is 0 Å². The molecule has 0 spiro atoms. The van der Waals surface area contributed by atoms with Crippen LogP contribution in [0.25, 0.3) is 15.9 Å². The highest BCUT2D eigenvalue weighted by atomic mass is 35.5. The Balaban J connectivity index is 1.48. The Morgan fingerprint density at radius 3 is 2.73 bits per heavy atom. The van der Waals surface area contributed by atoms with Gasteiger partial charge in [0.25, 0.3) is 0 Å². The van der Waals surface area contributed by atoms with Crippen molar-refractivity contribution < 1.29 is 0 Å². The number of rotatable bonds is 3. The van der Waals surface area contributed by atoms with Crippen molar-refractivity contribution in [1.82, 2.24) is 29.4 Å². The van der Waals surface area contributed by atoms with E-state index in [0.717, 1.165) is 51.5 Å². The molecule has 158 valence electrons. The van der Waals surface area contributed by atoms with Crippen molar-refractivity contribution in [2.45, 2.75) is 66.8 Å². The molecule has 0 saturated carbocycles. The summed E-state index contributed by atoms with van der Waals surface area (Å²) in [5.74, 6) is 1.53. The van der Waals surface area contributed by atoms with Gasteiger partial charge in [-0.05, 0) is 50.0 Å². The van der Waals surface area contributed by atoms with Crippen molar-refractivity contribution in [2.24, 2.45) is 11.3 Å². The van der Waals surface area contributed by atoms with Crippen molar-refractivity contribution in [3.8, 4) is 0 Å². The first kappa shape index (κ1) is 19.9. The second kappa shape index (κ2) is 7.02. The monoisotopic (exact) mass is 442 g/mol. The average Bonchev–Trinajstić information content (AvgIpc) is 3.34.